The lowest BCUT2D eigenvalue weighted by molar-refractivity contribution is 0.0689. The molecule has 9 heteroatoms. The van der Waals surface area contributed by atoms with Crippen LogP contribution in [0, 0.1) is 12.7 Å². The third kappa shape index (κ3) is 2.58. The van der Waals surface area contributed by atoms with Crippen molar-refractivity contribution in [2.45, 2.75) is 18.4 Å². The van der Waals surface area contributed by atoms with Crippen LogP contribution in [0.1, 0.15) is 21.7 Å². The van der Waals surface area contributed by atoms with E-state index >= 15 is 0 Å². The van der Waals surface area contributed by atoms with Gasteiger partial charge in [0.15, 0.2) is 5.69 Å². The highest BCUT2D eigenvalue weighted by atomic mass is 32.2. The zero-order chi connectivity index (χ0) is 19.3. The fourth-order valence-electron chi connectivity index (χ4n) is 3.11. The molecular formula is C18H14FN3O4S. The number of hydrogen-bond donors (Lipinski definition) is 1. The van der Waals surface area contributed by atoms with E-state index in [-0.39, 0.29) is 34.2 Å². The quantitative estimate of drug-likeness (QED) is 0.746. The van der Waals surface area contributed by atoms with Crippen LogP contribution in [0.25, 0.3) is 5.69 Å². The van der Waals surface area contributed by atoms with Crippen LogP contribution in [-0.2, 0) is 16.6 Å². The first-order valence-electron chi connectivity index (χ1n) is 7.98. The maximum Gasteiger partial charge on any atom is 0.356 e. The summed E-state index contributed by atoms with van der Waals surface area (Å²) in [6.07, 6.45) is 1.26. The lowest BCUT2D eigenvalue weighted by atomic mass is 10.2. The minimum Gasteiger partial charge on any atom is -0.476 e. The van der Waals surface area contributed by atoms with Gasteiger partial charge in [-0.15, -0.1) is 0 Å². The van der Waals surface area contributed by atoms with Crippen molar-refractivity contribution in [1.29, 1.82) is 0 Å². The molecule has 0 aliphatic carbocycles. The summed E-state index contributed by atoms with van der Waals surface area (Å²) in [5, 5.41) is 9.35. The van der Waals surface area contributed by atoms with Gasteiger partial charge in [0.1, 0.15) is 17.8 Å². The SMILES string of the molecule is Cc1ccc(S(=O)(=O)N2Cc3c(C(=O)O)ncn3-c3cccc(F)c32)cc1. The van der Waals surface area contributed by atoms with Crippen LogP contribution in [0.3, 0.4) is 0 Å². The summed E-state index contributed by atoms with van der Waals surface area (Å²) in [6.45, 7) is 1.48. The number of carboxylic acids is 1. The monoisotopic (exact) mass is 387 g/mol. The molecule has 0 saturated carbocycles. The van der Waals surface area contributed by atoms with E-state index in [1.165, 1.54) is 35.2 Å². The largest absolute Gasteiger partial charge is 0.476 e. The predicted molar refractivity (Wildman–Crippen MR) is 95.0 cm³/mol. The average molecular weight is 387 g/mol. The van der Waals surface area contributed by atoms with Gasteiger partial charge in [0.25, 0.3) is 10.0 Å². The molecule has 2 heterocycles. The summed E-state index contributed by atoms with van der Waals surface area (Å²) in [5.74, 6) is -2.00. The van der Waals surface area contributed by atoms with Crippen LogP contribution in [-0.4, -0.2) is 29.0 Å². The van der Waals surface area contributed by atoms with E-state index in [2.05, 4.69) is 4.98 Å². The van der Waals surface area contributed by atoms with E-state index in [4.69, 9.17) is 0 Å². The summed E-state index contributed by atoms with van der Waals surface area (Å²) in [5.41, 5.74) is 0.850. The maximum atomic E-state index is 14.6. The lowest BCUT2D eigenvalue weighted by Crippen LogP contribution is -2.36. The van der Waals surface area contributed by atoms with E-state index in [0.717, 1.165) is 15.9 Å². The number of aryl methyl sites for hydroxylation is 1. The van der Waals surface area contributed by atoms with Crippen LogP contribution in [0.5, 0.6) is 0 Å². The number of fused-ring (bicyclic) bond motifs is 3. The number of carbonyl (C=O) groups is 1. The summed E-state index contributed by atoms with van der Waals surface area (Å²) in [6, 6.07) is 10.3. The fraction of sp³-hybridized carbons (Fsp3) is 0.111. The Morgan fingerprint density at radius 1 is 1.19 bits per heavy atom. The number of sulfonamides is 1. The van der Waals surface area contributed by atoms with E-state index in [1.807, 2.05) is 6.92 Å². The molecule has 27 heavy (non-hydrogen) atoms. The zero-order valence-corrected chi connectivity index (χ0v) is 14.9. The Balaban J connectivity index is 1.96. The molecule has 0 unspecified atom stereocenters. The number of carboxylic acid groups (broad SMARTS) is 1. The molecule has 0 spiro atoms. The van der Waals surface area contributed by atoms with Crippen molar-refractivity contribution in [3.05, 3.63) is 71.6 Å². The van der Waals surface area contributed by atoms with Crippen molar-refractivity contribution in [2.24, 2.45) is 0 Å². The fourth-order valence-corrected chi connectivity index (χ4v) is 4.56. The zero-order valence-electron chi connectivity index (χ0n) is 14.1. The Bertz CT molecular complexity index is 1170. The van der Waals surface area contributed by atoms with Gasteiger partial charge >= 0.3 is 5.97 Å². The van der Waals surface area contributed by atoms with Gasteiger partial charge < -0.3 is 5.11 Å². The number of hydrogen-bond acceptors (Lipinski definition) is 4. The molecule has 0 saturated heterocycles. The molecule has 1 aromatic heterocycles. The van der Waals surface area contributed by atoms with Gasteiger partial charge in [-0.25, -0.2) is 22.6 Å². The van der Waals surface area contributed by atoms with Gasteiger partial charge in [-0.05, 0) is 31.2 Å². The van der Waals surface area contributed by atoms with E-state index in [9.17, 15) is 22.7 Å². The van der Waals surface area contributed by atoms with Crippen molar-refractivity contribution in [3.63, 3.8) is 0 Å². The van der Waals surface area contributed by atoms with Gasteiger partial charge in [-0.3, -0.25) is 8.87 Å². The van der Waals surface area contributed by atoms with E-state index in [0.29, 0.717) is 0 Å². The summed E-state index contributed by atoms with van der Waals surface area (Å²) in [7, 11) is -4.12. The van der Waals surface area contributed by atoms with E-state index in [1.54, 1.807) is 12.1 Å². The van der Waals surface area contributed by atoms with Gasteiger partial charge in [0.05, 0.1) is 22.8 Å². The Morgan fingerprint density at radius 3 is 2.56 bits per heavy atom. The number of aromatic nitrogens is 2. The predicted octanol–water partition coefficient (Wildman–Crippen LogP) is 2.73. The highest BCUT2D eigenvalue weighted by molar-refractivity contribution is 7.92. The van der Waals surface area contributed by atoms with Gasteiger partial charge in [0, 0.05) is 0 Å². The molecule has 1 aliphatic heterocycles. The van der Waals surface area contributed by atoms with E-state index < -0.39 is 21.8 Å². The first-order valence-corrected chi connectivity index (χ1v) is 9.42. The second kappa shape index (κ2) is 5.92. The minimum absolute atomic E-state index is 0.00727. The third-order valence-corrected chi connectivity index (χ3v) is 6.21. The first-order chi connectivity index (χ1) is 12.8. The topological polar surface area (TPSA) is 92.5 Å². The molecule has 0 fully saturated rings. The van der Waals surface area contributed by atoms with Gasteiger partial charge in [-0.1, -0.05) is 23.8 Å². The number of halogens is 1. The number of para-hydroxylation sites is 1. The number of imidazole rings is 1. The number of benzene rings is 2. The van der Waals surface area contributed by atoms with Crippen molar-refractivity contribution in [2.75, 3.05) is 4.31 Å². The van der Waals surface area contributed by atoms with Crippen LogP contribution in [0.15, 0.2) is 53.7 Å². The maximum absolute atomic E-state index is 14.6. The molecule has 4 rings (SSSR count). The molecule has 138 valence electrons. The number of rotatable bonds is 3. The third-order valence-electron chi connectivity index (χ3n) is 4.45. The molecule has 0 radical (unpaired) electrons. The molecule has 0 amide bonds. The van der Waals surface area contributed by atoms with Crippen LogP contribution < -0.4 is 4.31 Å². The van der Waals surface area contributed by atoms with Crippen LogP contribution >= 0.6 is 0 Å². The first kappa shape index (κ1) is 17.2. The van der Waals surface area contributed by atoms with Crippen molar-refractivity contribution in [3.8, 4) is 5.69 Å². The molecule has 0 atom stereocenters. The lowest BCUT2D eigenvalue weighted by Gasteiger charge is -2.31. The van der Waals surface area contributed by atoms with Crippen LogP contribution in [0.2, 0.25) is 0 Å². The standard InChI is InChI=1S/C18H14FN3O4S/c1-11-5-7-12(8-6-11)27(25,26)22-9-15-16(18(23)24)20-10-21(15)14-4-2-3-13(19)17(14)22/h2-8,10H,9H2,1H3,(H,23,24). The molecule has 3 aromatic rings. The normalized spacial score (nSPS) is 13.2. The number of aromatic carboxylic acids is 1. The Morgan fingerprint density at radius 2 is 1.89 bits per heavy atom. The second-order valence-corrected chi connectivity index (χ2v) is 8.01. The highest BCUT2D eigenvalue weighted by Crippen LogP contribution is 2.38. The smallest absolute Gasteiger partial charge is 0.356 e. The van der Waals surface area contributed by atoms with Crippen molar-refractivity contribution < 1.29 is 22.7 Å². The van der Waals surface area contributed by atoms with Crippen LogP contribution in [0.4, 0.5) is 10.1 Å². The molecule has 7 nitrogen and oxygen atoms in total. The Hall–Kier alpha value is -3.20. The Kier molecular flexibility index (Phi) is 3.77. The number of anilines is 1. The minimum atomic E-state index is -4.12. The highest BCUT2D eigenvalue weighted by Gasteiger charge is 2.36. The van der Waals surface area contributed by atoms with Gasteiger partial charge in [-0.2, -0.15) is 0 Å². The number of nitrogens with zero attached hydrogens (tertiary/aromatic N) is 3. The molecule has 2 aromatic carbocycles. The summed E-state index contributed by atoms with van der Waals surface area (Å²) < 4.78 is 43.4. The molecule has 1 N–H and O–H groups in total. The van der Waals surface area contributed by atoms with Gasteiger partial charge in [0.2, 0.25) is 0 Å². The average Bonchev–Trinajstić information content (AvgIpc) is 3.06. The Labute approximate surface area is 154 Å². The summed E-state index contributed by atoms with van der Waals surface area (Å²) in [4.78, 5) is 15.3. The second-order valence-electron chi connectivity index (χ2n) is 6.15. The van der Waals surface area contributed by atoms with Crippen molar-refractivity contribution in [1.82, 2.24) is 9.55 Å². The molecule has 1 aliphatic rings. The molecular weight excluding hydrogens is 373 g/mol. The van der Waals surface area contributed by atoms with Crippen molar-refractivity contribution >= 4 is 21.7 Å². The molecule has 0 bridgehead atoms. The summed E-state index contributed by atoms with van der Waals surface area (Å²) >= 11 is 0.